The number of nitrogens with zero attached hydrogens (tertiary/aromatic N) is 2. The Balaban J connectivity index is 1.68. The minimum absolute atomic E-state index is 0.0636. The fourth-order valence-electron chi connectivity index (χ4n) is 3.73. The van der Waals surface area contributed by atoms with Crippen molar-refractivity contribution in [2.75, 3.05) is 6.54 Å². The Morgan fingerprint density at radius 3 is 2.39 bits per heavy atom. The topological polar surface area (TPSA) is 96.8 Å². The monoisotopic (exact) mass is 442 g/mol. The van der Waals surface area contributed by atoms with Gasteiger partial charge in [0.15, 0.2) is 6.04 Å². The van der Waals surface area contributed by atoms with E-state index in [1.807, 2.05) is 0 Å². The first-order chi connectivity index (χ1) is 14.8. The number of carboxylic acid groups (broad SMARTS) is 1. The first-order valence-electron chi connectivity index (χ1n) is 9.49. The van der Waals surface area contributed by atoms with Crippen molar-refractivity contribution in [2.45, 2.75) is 24.3 Å². The molecular weight excluding hydrogens is 423 g/mol. The van der Waals surface area contributed by atoms with E-state index in [4.69, 9.17) is 4.74 Å². The third-order valence-corrected chi connectivity index (χ3v) is 7.11. The Labute approximate surface area is 178 Å². The van der Waals surface area contributed by atoms with Crippen LogP contribution in [0.3, 0.4) is 0 Å². The normalized spacial score (nSPS) is 16.5. The number of fused-ring (bicyclic) bond motifs is 1. The maximum atomic E-state index is 14.6. The average Bonchev–Trinajstić information content (AvgIpc) is 2.76. The van der Waals surface area contributed by atoms with Crippen molar-refractivity contribution in [2.24, 2.45) is 0 Å². The molecule has 1 aliphatic rings. The SMILES string of the molecule is Cc1ccc(F)c2c1CCN(S(=O)(=O)c1ccc(Oc3ccncc3)cc1)C2C(=O)O. The molecule has 4 rings (SSSR count). The number of aryl methyl sites for hydroxylation is 1. The van der Waals surface area contributed by atoms with Crippen molar-refractivity contribution in [1.29, 1.82) is 0 Å². The van der Waals surface area contributed by atoms with Crippen molar-refractivity contribution in [3.8, 4) is 11.5 Å². The Hall–Kier alpha value is -3.30. The van der Waals surface area contributed by atoms with E-state index < -0.39 is 27.9 Å². The van der Waals surface area contributed by atoms with Crippen LogP contribution < -0.4 is 4.74 Å². The number of hydrogen-bond acceptors (Lipinski definition) is 5. The van der Waals surface area contributed by atoms with E-state index in [-0.39, 0.29) is 23.4 Å². The zero-order chi connectivity index (χ0) is 22.2. The molecule has 31 heavy (non-hydrogen) atoms. The van der Waals surface area contributed by atoms with E-state index in [0.29, 0.717) is 17.1 Å². The van der Waals surface area contributed by atoms with E-state index in [0.717, 1.165) is 9.87 Å². The van der Waals surface area contributed by atoms with Crippen LogP contribution in [0.25, 0.3) is 0 Å². The van der Waals surface area contributed by atoms with Gasteiger partial charge in [-0.2, -0.15) is 4.31 Å². The summed E-state index contributed by atoms with van der Waals surface area (Å²) in [5.41, 5.74) is 1.18. The fraction of sp³-hybridized carbons (Fsp3) is 0.182. The van der Waals surface area contributed by atoms with E-state index >= 15 is 0 Å². The van der Waals surface area contributed by atoms with E-state index in [2.05, 4.69) is 4.98 Å². The van der Waals surface area contributed by atoms with Gasteiger partial charge < -0.3 is 9.84 Å². The number of hydrogen-bond donors (Lipinski definition) is 1. The number of benzene rings is 2. The Bertz CT molecular complexity index is 1230. The molecule has 0 fully saturated rings. The standard InChI is InChI=1S/C22H19FN2O5S/c1-14-2-7-19(23)20-18(14)10-13-25(21(20)22(26)27)31(28,29)17-5-3-15(4-6-17)30-16-8-11-24-12-9-16/h2-9,11-12,21H,10,13H2,1H3,(H,26,27). The number of carbonyl (C=O) groups is 1. The minimum atomic E-state index is -4.20. The van der Waals surface area contributed by atoms with Gasteiger partial charge >= 0.3 is 5.97 Å². The molecule has 0 saturated carbocycles. The highest BCUT2D eigenvalue weighted by atomic mass is 32.2. The van der Waals surface area contributed by atoms with Crippen molar-refractivity contribution in [1.82, 2.24) is 9.29 Å². The summed E-state index contributed by atoms with van der Waals surface area (Å²) < 4.78 is 47.6. The second-order valence-corrected chi connectivity index (χ2v) is 9.01. The molecule has 0 bridgehead atoms. The third-order valence-electron chi connectivity index (χ3n) is 5.23. The van der Waals surface area contributed by atoms with Gasteiger partial charge in [-0.3, -0.25) is 9.78 Å². The lowest BCUT2D eigenvalue weighted by atomic mass is 9.90. The maximum Gasteiger partial charge on any atom is 0.326 e. The molecule has 0 radical (unpaired) electrons. The number of aliphatic carboxylic acids is 1. The van der Waals surface area contributed by atoms with Gasteiger partial charge in [0, 0.05) is 24.5 Å². The first-order valence-corrected chi connectivity index (χ1v) is 10.9. The minimum Gasteiger partial charge on any atom is -0.480 e. The highest BCUT2D eigenvalue weighted by Gasteiger charge is 2.42. The van der Waals surface area contributed by atoms with E-state index in [9.17, 15) is 22.7 Å². The zero-order valence-electron chi connectivity index (χ0n) is 16.5. The van der Waals surface area contributed by atoms with Crippen molar-refractivity contribution in [3.05, 3.63) is 83.4 Å². The largest absolute Gasteiger partial charge is 0.480 e. The molecule has 0 amide bonds. The second kappa shape index (κ2) is 8.09. The van der Waals surface area contributed by atoms with E-state index in [1.165, 1.54) is 30.3 Å². The highest BCUT2D eigenvalue weighted by Crippen LogP contribution is 2.37. The molecule has 1 aliphatic heterocycles. The molecule has 0 spiro atoms. The molecule has 1 aromatic heterocycles. The summed E-state index contributed by atoms with van der Waals surface area (Å²) in [6.45, 7) is 1.69. The van der Waals surface area contributed by atoms with Crippen molar-refractivity contribution in [3.63, 3.8) is 0 Å². The molecule has 1 N–H and O–H groups in total. The van der Waals surface area contributed by atoms with Gasteiger partial charge in [0.1, 0.15) is 17.3 Å². The molecular formula is C22H19FN2O5S. The van der Waals surface area contributed by atoms with Gasteiger partial charge in [-0.15, -0.1) is 0 Å². The van der Waals surface area contributed by atoms with Crippen LogP contribution in [-0.4, -0.2) is 35.3 Å². The maximum absolute atomic E-state index is 14.6. The Kier molecular flexibility index (Phi) is 5.47. The summed E-state index contributed by atoms with van der Waals surface area (Å²) in [6.07, 6.45) is 3.36. The third kappa shape index (κ3) is 3.89. The van der Waals surface area contributed by atoms with Gasteiger partial charge in [0.25, 0.3) is 0 Å². The molecule has 1 unspecified atom stereocenters. The predicted molar refractivity (Wildman–Crippen MR) is 110 cm³/mol. The number of sulfonamides is 1. The second-order valence-electron chi connectivity index (χ2n) is 7.12. The summed E-state index contributed by atoms with van der Waals surface area (Å²) in [5, 5.41) is 9.79. The Morgan fingerprint density at radius 1 is 1.10 bits per heavy atom. The molecule has 2 aromatic carbocycles. The number of ether oxygens (including phenoxy) is 1. The van der Waals surface area contributed by atoms with Crippen LogP contribution >= 0.6 is 0 Å². The van der Waals surface area contributed by atoms with Crippen LogP contribution in [0.2, 0.25) is 0 Å². The summed E-state index contributed by atoms with van der Waals surface area (Å²) in [7, 11) is -4.20. The quantitative estimate of drug-likeness (QED) is 0.647. The van der Waals surface area contributed by atoms with Crippen LogP contribution in [0.15, 0.2) is 65.8 Å². The number of carboxylic acids is 1. The van der Waals surface area contributed by atoms with Crippen LogP contribution in [0.1, 0.15) is 22.7 Å². The van der Waals surface area contributed by atoms with Crippen molar-refractivity contribution >= 4 is 16.0 Å². The first kappa shape index (κ1) is 21.0. The van der Waals surface area contributed by atoms with Gasteiger partial charge in [-0.1, -0.05) is 6.07 Å². The summed E-state index contributed by atoms with van der Waals surface area (Å²) in [4.78, 5) is 15.8. The van der Waals surface area contributed by atoms with Crippen LogP contribution in [0.4, 0.5) is 4.39 Å². The fourth-order valence-corrected chi connectivity index (χ4v) is 5.29. The van der Waals surface area contributed by atoms with E-state index in [1.54, 1.807) is 37.5 Å². The van der Waals surface area contributed by atoms with Gasteiger partial charge in [0.2, 0.25) is 10.0 Å². The molecule has 0 aliphatic carbocycles. The van der Waals surface area contributed by atoms with Gasteiger partial charge in [-0.05, 0) is 66.9 Å². The molecule has 2 heterocycles. The zero-order valence-corrected chi connectivity index (χ0v) is 17.3. The van der Waals surface area contributed by atoms with Gasteiger partial charge in [-0.25, -0.2) is 12.8 Å². The summed E-state index contributed by atoms with van der Waals surface area (Å²) in [6, 6.07) is 10.1. The average molecular weight is 442 g/mol. The van der Waals surface area contributed by atoms with Crippen LogP contribution in [0.5, 0.6) is 11.5 Å². The molecule has 0 saturated heterocycles. The summed E-state index contributed by atoms with van der Waals surface area (Å²) in [5.74, 6) is -1.21. The molecule has 160 valence electrons. The molecule has 7 nitrogen and oxygen atoms in total. The lowest BCUT2D eigenvalue weighted by Crippen LogP contribution is -2.44. The lowest BCUT2D eigenvalue weighted by molar-refractivity contribution is -0.142. The Morgan fingerprint density at radius 2 is 1.74 bits per heavy atom. The lowest BCUT2D eigenvalue weighted by Gasteiger charge is -2.34. The summed E-state index contributed by atoms with van der Waals surface area (Å²) >= 11 is 0. The number of halogens is 1. The van der Waals surface area contributed by atoms with Crippen molar-refractivity contribution < 1.29 is 27.4 Å². The number of aromatic nitrogens is 1. The van der Waals surface area contributed by atoms with Crippen LogP contribution in [-0.2, 0) is 21.2 Å². The number of rotatable bonds is 5. The predicted octanol–water partition coefficient (Wildman–Crippen LogP) is 3.69. The molecule has 9 heteroatoms. The molecule has 3 aromatic rings. The highest BCUT2D eigenvalue weighted by molar-refractivity contribution is 7.89. The smallest absolute Gasteiger partial charge is 0.326 e. The van der Waals surface area contributed by atoms with Crippen LogP contribution in [0, 0.1) is 12.7 Å². The number of pyridine rings is 1. The van der Waals surface area contributed by atoms with Gasteiger partial charge in [0.05, 0.1) is 4.90 Å². The molecule has 1 atom stereocenters.